The largest absolute Gasteiger partial charge is 0.318 e. The van der Waals surface area contributed by atoms with E-state index in [2.05, 4.69) is 36.0 Å². The fourth-order valence-electron chi connectivity index (χ4n) is 1.28. The van der Waals surface area contributed by atoms with Crippen molar-refractivity contribution < 1.29 is 0 Å². The molecule has 0 aromatic carbocycles. The SMILES string of the molecule is CCCC(N)C#Cc1cnnn1CCC. The Morgan fingerprint density at radius 2 is 2.27 bits per heavy atom. The highest BCUT2D eigenvalue weighted by Gasteiger charge is 1.99. The number of aryl methyl sites for hydroxylation is 1. The molecule has 1 heterocycles. The van der Waals surface area contributed by atoms with E-state index in [0.29, 0.717) is 0 Å². The molecule has 0 saturated heterocycles. The van der Waals surface area contributed by atoms with Gasteiger partial charge in [0.1, 0.15) is 5.69 Å². The fraction of sp³-hybridized carbons (Fsp3) is 0.636. The predicted octanol–water partition coefficient (Wildman–Crippen LogP) is 1.17. The van der Waals surface area contributed by atoms with Crippen molar-refractivity contribution in [2.24, 2.45) is 5.73 Å². The molecule has 0 aliphatic rings. The summed E-state index contributed by atoms with van der Waals surface area (Å²) in [5.41, 5.74) is 6.65. The van der Waals surface area contributed by atoms with E-state index >= 15 is 0 Å². The van der Waals surface area contributed by atoms with E-state index in [1.54, 1.807) is 6.20 Å². The first-order valence-corrected chi connectivity index (χ1v) is 5.43. The fourth-order valence-corrected chi connectivity index (χ4v) is 1.28. The number of nitrogens with two attached hydrogens (primary N) is 1. The minimum absolute atomic E-state index is 0.0417. The van der Waals surface area contributed by atoms with E-state index in [1.165, 1.54) is 0 Å². The Morgan fingerprint density at radius 1 is 1.47 bits per heavy atom. The molecular formula is C11H18N4. The third-order valence-corrected chi connectivity index (χ3v) is 2.04. The highest BCUT2D eigenvalue weighted by atomic mass is 15.4. The highest BCUT2D eigenvalue weighted by molar-refractivity contribution is 5.26. The summed E-state index contributed by atoms with van der Waals surface area (Å²) in [6, 6.07) is -0.0417. The Hall–Kier alpha value is -1.34. The van der Waals surface area contributed by atoms with Crippen molar-refractivity contribution in [1.82, 2.24) is 15.0 Å². The first-order valence-electron chi connectivity index (χ1n) is 5.43. The van der Waals surface area contributed by atoms with Crippen LogP contribution in [-0.4, -0.2) is 21.0 Å². The molecule has 15 heavy (non-hydrogen) atoms. The zero-order chi connectivity index (χ0) is 11.1. The summed E-state index contributed by atoms with van der Waals surface area (Å²) in [5.74, 6) is 6.04. The molecule has 0 amide bonds. The zero-order valence-electron chi connectivity index (χ0n) is 9.40. The van der Waals surface area contributed by atoms with E-state index < -0.39 is 0 Å². The van der Waals surface area contributed by atoms with Crippen molar-refractivity contribution in [3.05, 3.63) is 11.9 Å². The number of rotatable bonds is 4. The van der Waals surface area contributed by atoms with Gasteiger partial charge in [0.2, 0.25) is 0 Å². The van der Waals surface area contributed by atoms with Gasteiger partial charge in [-0.1, -0.05) is 31.4 Å². The molecule has 1 aromatic rings. The Morgan fingerprint density at radius 3 is 2.93 bits per heavy atom. The van der Waals surface area contributed by atoms with Gasteiger partial charge in [-0.15, -0.1) is 5.10 Å². The van der Waals surface area contributed by atoms with Gasteiger partial charge in [-0.05, 0) is 18.8 Å². The Labute approximate surface area is 90.9 Å². The van der Waals surface area contributed by atoms with Crippen LogP contribution in [0.15, 0.2) is 6.20 Å². The second-order valence-corrected chi connectivity index (χ2v) is 3.51. The first-order chi connectivity index (χ1) is 7.27. The van der Waals surface area contributed by atoms with Crippen molar-refractivity contribution in [2.45, 2.75) is 45.7 Å². The lowest BCUT2D eigenvalue weighted by molar-refractivity contribution is 0.574. The second kappa shape index (κ2) is 6.20. The Balaban J connectivity index is 2.66. The summed E-state index contributed by atoms with van der Waals surface area (Å²) < 4.78 is 1.81. The van der Waals surface area contributed by atoms with E-state index in [9.17, 15) is 0 Å². The molecular weight excluding hydrogens is 188 g/mol. The lowest BCUT2D eigenvalue weighted by Gasteiger charge is -2.00. The first kappa shape index (κ1) is 11.7. The van der Waals surface area contributed by atoms with Gasteiger partial charge in [-0.25, -0.2) is 4.68 Å². The maximum Gasteiger partial charge on any atom is 0.131 e. The third-order valence-electron chi connectivity index (χ3n) is 2.04. The van der Waals surface area contributed by atoms with E-state index in [-0.39, 0.29) is 6.04 Å². The minimum Gasteiger partial charge on any atom is -0.318 e. The average molecular weight is 206 g/mol. The topological polar surface area (TPSA) is 56.7 Å². The molecule has 0 aliphatic carbocycles. The normalized spacial score (nSPS) is 11.9. The highest BCUT2D eigenvalue weighted by Crippen LogP contribution is 1.97. The van der Waals surface area contributed by atoms with Crippen LogP contribution >= 0.6 is 0 Å². The Bertz CT molecular complexity index is 345. The van der Waals surface area contributed by atoms with Gasteiger partial charge in [-0.3, -0.25) is 0 Å². The molecule has 0 radical (unpaired) electrons. The number of nitrogens with zero attached hydrogens (tertiary/aromatic N) is 3. The average Bonchev–Trinajstić information content (AvgIpc) is 2.64. The summed E-state index contributed by atoms with van der Waals surface area (Å²) in [7, 11) is 0. The predicted molar refractivity (Wildman–Crippen MR) is 60.1 cm³/mol. The molecule has 1 unspecified atom stereocenters. The quantitative estimate of drug-likeness (QED) is 0.752. The van der Waals surface area contributed by atoms with Crippen LogP contribution in [0.25, 0.3) is 0 Å². The molecule has 82 valence electrons. The van der Waals surface area contributed by atoms with Gasteiger partial charge in [0.05, 0.1) is 12.2 Å². The van der Waals surface area contributed by atoms with Gasteiger partial charge in [-0.2, -0.15) is 0 Å². The molecule has 0 spiro atoms. The summed E-state index contributed by atoms with van der Waals surface area (Å²) in [6.07, 6.45) is 4.70. The van der Waals surface area contributed by atoms with Crippen molar-refractivity contribution in [3.63, 3.8) is 0 Å². The van der Waals surface area contributed by atoms with Crippen LogP contribution in [0.4, 0.5) is 0 Å². The molecule has 0 aliphatic heterocycles. The summed E-state index contributed by atoms with van der Waals surface area (Å²) >= 11 is 0. The Kier molecular flexibility index (Phi) is 4.85. The number of aromatic nitrogens is 3. The molecule has 0 saturated carbocycles. The van der Waals surface area contributed by atoms with Crippen molar-refractivity contribution >= 4 is 0 Å². The lowest BCUT2D eigenvalue weighted by Crippen LogP contribution is -2.16. The molecule has 0 fully saturated rings. The molecule has 1 aromatic heterocycles. The lowest BCUT2D eigenvalue weighted by atomic mass is 10.2. The molecule has 1 atom stereocenters. The molecule has 1 rings (SSSR count). The number of hydrogen-bond acceptors (Lipinski definition) is 3. The van der Waals surface area contributed by atoms with E-state index in [4.69, 9.17) is 5.73 Å². The summed E-state index contributed by atoms with van der Waals surface area (Å²) in [5, 5.41) is 7.79. The maximum atomic E-state index is 5.80. The molecule has 4 heteroatoms. The molecule has 2 N–H and O–H groups in total. The van der Waals surface area contributed by atoms with Gasteiger partial charge in [0.25, 0.3) is 0 Å². The summed E-state index contributed by atoms with van der Waals surface area (Å²) in [6.45, 7) is 5.05. The van der Waals surface area contributed by atoms with Crippen LogP contribution in [0, 0.1) is 11.8 Å². The second-order valence-electron chi connectivity index (χ2n) is 3.51. The van der Waals surface area contributed by atoms with Crippen molar-refractivity contribution in [3.8, 4) is 11.8 Å². The van der Waals surface area contributed by atoms with Crippen LogP contribution in [0.5, 0.6) is 0 Å². The van der Waals surface area contributed by atoms with Crippen molar-refractivity contribution in [2.75, 3.05) is 0 Å². The minimum atomic E-state index is -0.0417. The zero-order valence-corrected chi connectivity index (χ0v) is 9.40. The van der Waals surface area contributed by atoms with Crippen LogP contribution < -0.4 is 5.73 Å². The maximum absolute atomic E-state index is 5.80. The van der Waals surface area contributed by atoms with Crippen LogP contribution in [0.3, 0.4) is 0 Å². The van der Waals surface area contributed by atoms with Gasteiger partial charge < -0.3 is 5.73 Å². The van der Waals surface area contributed by atoms with Crippen LogP contribution in [0.1, 0.15) is 38.8 Å². The van der Waals surface area contributed by atoms with Gasteiger partial charge in [0.15, 0.2) is 0 Å². The summed E-state index contributed by atoms with van der Waals surface area (Å²) in [4.78, 5) is 0. The monoisotopic (exact) mass is 206 g/mol. The van der Waals surface area contributed by atoms with Crippen LogP contribution in [-0.2, 0) is 6.54 Å². The number of hydrogen-bond donors (Lipinski definition) is 1. The smallest absolute Gasteiger partial charge is 0.131 e. The van der Waals surface area contributed by atoms with Crippen LogP contribution in [0.2, 0.25) is 0 Å². The third kappa shape index (κ3) is 3.72. The van der Waals surface area contributed by atoms with Crippen molar-refractivity contribution in [1.29, 1.82) is 0 Å². The van der Waals surface area contributed by atoms with E-state index in [1.807, 2.05) is 4.68 Å². The molecule has 4 nitrogen and oxygen atoms in total. The standard InChI is InChI=1S/C11H18N4/c1-3-5-10(12)6-7-11-9-13-14-15(11)8-4-2/h9-10H,3-5,8,12H2,1-2H3. The van der Waals surface area contributed by atoms with Gasteiger partial charge in [0, 0.05) is 6.54 Å². The van der Waals surface area contributed by atoms with E-state index in [0.717, 1.165) is 31.5 Å². The van der Waals surface area contributed by atoms with Gasteiger partial charge >= 0.3 is 0 Å². The molecule has 0 bridgehead atoms.